The third kappa shape index (κ3) is 10.5. The lowest BCUT2D eigenvalue weighted by molar-refractivity contribution is -0.141. The van der Waals surface area contributed by atoms with Crippen LogP contribution in [0.5, 0.6) is 0 Å². The van der Waals surface area contributed by atoms with Crippen LogP contribution in [0, 0.1) is 0 Å². The van der Waals surface area contributed by atoms with Crippen LogP contribution < -0.4 is 0 Å². The second-order valence-electron chi connectivity index (χ2n) is 7.22. The van der Waals surface area contributed by atoms with E-state index in [-0.39, 0.29) is 6.61 Å². The van der Waals surface area contributed by atoms with E-state index in [0.29, 0.717) is 6.42 Å². The zero-order valence-corrected chi connectivity index (χ0v) is 18.6. The molecule has 4 atom stereocenters. The average molecular weight is 497 g/mol. The van der Waals surface area contributed by atoms with Crippen molar-refractivity contribution < 1.29 is 51.2 Å². The fourth-order valence-corrected chi connectivity index (χ4v) is 3.01. The van der Waals surface area contributed by atoms with Crippen molar-refractivity contribution in [1.82, 2.24) is 0 Å². The maximum atomic E-state index is 12.7. The predicted molar refractivity (Wildman–Crippen MR) is 113 cm³/mol. The Kier molecular flexibility index (Phi) is 11.2. The van der Waals surface area contributed by atoms with Crippen molar-refractivity contribution in [3.05, 3.63) is 60.8 Å². The Labute approximate surface area is 189 Å². The summed E-state index contributed by atoms with van der Waals surface area (Å²) in [6.45, 7) is 1.00. The summed E-state index contributed by atoms with van der Waals surface area (Å²) in [4.78, 5) is 11.3. The quantitative estimate of drug-likeness (QED) is 0.212. The molecule has 0 fully saturated rings. The summed E-state index contributed by atoms with van der Waals surface area (Å²) in [7, 11) is -5.64. The van der Waals surface area contributed by atoms with Crippen molar-refractivity contribution in [2.75, 3.05) is 12.5 Å². The zero-order chi connectivity index (χ0) is 25.1. The summed E-state index contributed by atoms with van der Waals surface area (Å²) in [6.07, 6.45) is 10.1. The predicted octanol–water partition coefficient (Wildman–Crippen LogP) is 1.85. The van der Waals surface area contributed by atoms with E-state index in [2.05, 4.69) is 0 Å². The van der Waals surface area contributed by atoms with E-state index in [1.54, 1.807) is 6.08 Å². The summed E-state index contributed by atoms with van der Waals surface area (Å²) in [5, 5.41) is 29.6. The van der Waals surface area contributed by atoms with E-state index >= 15 is 0 Å². The first-order valence-electron chi connectivity index (χ1n) is 9.77. The second-order valence-corrected chi connectivity index (χ2v) is 9.14. The lowest BCUT2D eigenvalue weighted by Gasteiger charge is -2.32. The summed E-state index contributed by atoms with van der Waals surface area (Å²) >= 11 is 0. The molecule has 0 bridgehead atoms. The van der Waals surface area contributed by atoms with Gasteiger partial charge in [-0.25, -0.2) is 13.2 Å². The third-order valence-corrected chi connectivity index (χ3v) is 5.48. The van der Waals surface area contributed by atoms with E-state index in [4.69, 9.17) is 14.6 Å². The highest BCUT2D eigenvalue weighted by Crippen LogP contribution is 2.27. The van der Waals surface area contributed by atoms with E-state index in [1.165, 1.54) is 48.6 Å². The number of aliphatic hydroxyl groups excluding tert-OH is 2. The molecule has 3 N–H and O–H groups in total. The van der Waals surface area contributed by atoms with Gasteiger partial charge in [0.25, 0.3) is 9.84 Å². The van der Waals surface area contributed by atoms with Gasteiger partial charge in [0.1, 0.15) is 11.7 Å². The van der Waals surface area contributed by atoms with Gasteiger partial charge in [-0.15, -0.1) is 0 Å². The molecule has 186 valence electrons. The highest BCUT2D eigenvalue weighted by Gasteiger charge is 2.47. The first-order valence-corrected chi connectivity index (χ1v) is 11.4. The average Bonchev–Trinajstić information content (AvgIpc) is 2.71. The number of allylic oxidation sites excluding steroid dienone is 4. The Balaban J connectivity index is 2.98. The van der Waals surface area contributed by atoms with Crippen molar-refractivity contribution in [3.8, 4) is 0 Å². The molecule has 1 heterocycles. The molecule has 0 aromatic rings. The van der Waals surface area contributed by atoms with Gasteiger partial charge in [-0.05, 0) is 13.0 Å². The maximum absolute atomic E-state index is 12.7. The first-order chi connectivity index (χ1) is 15.3. The molecule has 12 heteroatoms. The van der Waals surface area contributed by atoms with Crippen molar-refractivity contribution in [2.45, 2.75) is 49.2 Å². The van der Waals surface area contributed by atoms with Crippen LogP contribution in [-0.2, 0) is 24.1 Å². The number of esters is 1. The summed E-state index contributed by atoms with van der Waals surface area (Å²) in [5.41, 5.74) is -7.57. The number of alkyl halides is 3. The molecule has 1 aliphatic rings. The molecule has 0 aromatic heterocycles. The van der Waals surface area contributed by atoms with Crippen molar-refractivity contribution in [1.29, 1.82) is 0 Å². The second kappa shape index (κ2) is 12.8. The molecular formula is C21H27F3O8S. The molecule has 0 amide bonds. The van der Waals surface area contributed by atoms with Crippen LogP contribution in [0.3, 0.4) is 0 Å². The van der Waals surface area contributed by atoms with Crippen molar-refractivity contribution in [2.24, 2.45) is 0 Å². The Bertz CT molecular complexity index is 886. The van der Waals surface area contributed by atoms with Crippen molar-refractivity contribution >= 4 is 15.8 Å². The van der Waals surface area contributed by atoms with Crippen LogP contribution in [-0.4, -0.2) is 71.7 Å². The number of halogens is 3. The van der Waals surface area contributed by atoms with Gasteiger partial charge < -0.3 is 24.8 Å². The smallest absolute Gasteiger partial charge is 0.455 e. The molecule has 1 aliphatic heterocycles. The zero-order valence-electron chi connectivity index (χ0n) is 17.8. The minimum absolute atomic E-state index is 0.157. The van der Waals surface area contributed by atoms with Gasteiger partial charge in [0, 0.05) is 18.9 Å². The summed E-state index contributed by atoms with van der Waals surface area (Å²) < 4.78 is 70.7. The number of ether oxygens (including phenoxy) is 2. The maximum Gasteiger partial charge on any atom is 0.499 e. The fourth-order valence-electron chi connectivity index (χ4n) is 2.53. The van der Waals surface area contributed by atoms with Gasteiger partial charge in [0.05, 0.1) is 18.8 Å². The van der Waals surface area contributed by atoms with Gasteiger partial charge in [-0.1, -0.05) is 48.6 Å². The first kappa shape index (κ1) is 28.8. The van der Waals surface area contributed by atoms with Gasteiger partial charge in [-0.3, -0.25) is 0 Å². The molecule has 1 rings (SSSR count). The monoisotopic (exact) mass is 496 g/mol. The van der Waals surface area contributed by atoms with E-state index < -0.39 is 57.6 Å². The number of cyclic esters (lactones) is 1. The van der Waals surface area contributed by atoms with Crippen molar-refractivity contribution in [3.63, 3.8) is 0 Å². The molecule has 0 aliphatic carbocycles. The highest BCUT2D eigenvalue weighted by molar-refractivity contribution is 7.92. The van der Waals surface area contributed by atoms with Gasteiger partial charge in [0.15, 0.2) is 5.94 Å². The lowest BCUT2D eigenvalue weighted by atomic mass is 9.92. The number of aliphatic hydroxyl groups is 3. The molecular weight excluding hydrogens is 469 g/mol. The molecule has 33 heavy (non-hydrogen) atoms. The van der Waals surface area contributed by atoms with Gasteiger partial charge >= 0.3 is 11.5 Å². The Morgan fingerprint density at radius 3 is 2.55 bits per heavy atom. The minimum atomic E-state index is -5.64. The molecule has 1 unspecified atom stereocenters. The van der Waals surface area contributed by atoms with Crippen LogP contribution in [0.4, 0.5) is 13.2 Å². The molecule has 0 saturated carbocycles. The standard InChI is InChI=1S/C21H27F3O8S/c1-20(28,12-11-17-9-7-10-19(27)32-17)18(31-15-33(29,30)21(22,23)24)14-16(26)8-5-3-2-4-6-13-25/h2-8,10-12,16-18,25-26,28H,9,13-15H2,1H3/b3-2-,6-4+,8-5-,12-11+/t16-,17+,18?,20+/m0/s1. The summed E-state index contributed by atoms with van der Waals surface area (Å²) in [5.74, 6) is -2.36. The van der Waals surface area contributed by atoms with E-state index in [1.807, 2.05) is 0 Å². The Morgan fingerprint density at radius 2 is 1.94 bits per heavy atom. The molecule has 8 nitrogen and oxygen atoms in total. The SMILES string of the molecule is C[C@@](O)(/C=C/[C@H]1CC=CC(=O)O1)C(C[C@@H](O)\C=C/C=C\C=C\CO)OCS(=O)(=O)C(F)(F)F. The lowest BCUT2D eigenvalue weighted by Crippen LogP contribution is -2.43. The molecule has 0 aromatic carbocycles. The number of sulfone groups is 1. The normalized spacial score (nSPS) is 21.8. The third-order valence-electron chi connectivity index (χ3n) is 4.33. The highest BCUT2D eigenvalue weighted by atomic mass is 32.2. The topological polar surface area (TPSA) is 130 Å². The number of hydrogen-bond donors (Lipinski definition) is 3. The fraction of sp³-hybridized carbons (Fsp3) is 0.476. The van der Waals surface area contributed by atoms with E-state index in [0.717, 1.165) is 13.0 Å². The summed E-state index contributed by atoms with van der Waals surface area (Å²) in [6, 6.07) is 0. The van der Waals surface area contributed by atoms with Crippen LogP contribution in [0.2, 0.25) is 0 Å². The van der Waals surface area contributed by atoms with Gasteiger partial charge in [0.2, 0.25) is 0 Å². The largest absolute Gasteiger partial charge is 0.499 e. The van der Waals surface area contributed by atoms with Crippen LogP contribution >= 0.6 is 0 Å². The minimum Gasteiger partial charge on any atom is -0.455 e. The van der Waals surface area contributed by atoms with Gasteiger partial charge in [-0.2, -0.15) is 13.2 Å². The number of carbonyl (C=O) groups excluding carboxylic acids is 1. The van der Waals surface area contributed by atoms with E-state index in [9.17, 15) is 36.6 Å². The molecule has 0 saturated heterocycles. The van der Waals surface area contributed by atoms with Crippen LogP contribution in [0.25, 0.3) is 0 Å². The number of hydrogen-bond acceptors (Lipinski definition) is 8. The number of rotatable bonds is 12. The van der Waals surface area contributed by atoms with Crippen LogP contribution in [0.1, 0.15) is 19.8 Å². The molecule has 0 radical (unpaired) electrons. The van der Waals surface area contributed by atoms with Crippen LogP contribution in [0.15, 0.2) is 60.8 Å². The Morgan fingerprint density at radius 1 is 1.27 bits per heavy atom. The Hall–Kier alpha value is -2.25. The number of carbonyl (C=O) groups is 1. The molecule has 0 spiro atoms.